The maximum atomic E-state index is 13.4. The topological polar surface area (TPSA) is 78.1 Å². The van der Waals surface area contributed by atoms with Crippen molar-refractivity contribution in [3.63, 3.8) is 0 Å². The van der Waals surface area contributed by atoms with Crippen LogP contribution in [0.25, 0.3) is 11.0 Å². The van der Waals surface area contributed by atoms with Gasteiger partial charge in [-0.15, -0.1) is 11.3 Å². The summed E-state index contributed by atoms with van der Waals surface area (Å²) in [6.07, 6.45) is 2.10. The lowest BCUT2D eigenvalue weighted by Gasteiger charge is -2.26. The van der Waals surface area contributed by atoms with Crippen LogP contribution in [0.15, 0.2) is 72.1 Å². The van der Waals surface area contributed by atoms with E-state index in [0.29, 0.717) is 24.3 Å². The van der Waals surface area contributed by atoms with Gasteiger partial charge in [0.15, 0.2) is 0 Å². The van der Waals surface area contributed by atoms with Crippen molar-refractivity contribution in [1.82, 2.24) is 20.2 Å². The number of carbonyl (C=O) groups is 2. The molecule has 2 aromatic carbocycles. The van der Waals surface area contributed by atoms with Gasteiger partial charge in [0.25, 0.3) is 5.91 Å². The normalized spacial score (nSPS) is 16.9. The molecule has 3 heterocycles. The fourth-order valence-corrected chi connectivity index (χ4v) is 4.97. The van der Waals surface area contributed by atoms with E-state index in [0.717, 1.165) is 28.8 Å². The number of nitrogens with zero attached hydrogens (tertiary/aromatic N) is 2. The van der Waals surface area contributed by atoms with Crippen molar-refractivity contribution in [1.29, 1.82) is 0 Å². The number of aromatic nitrogens is 2. The first kappa shape index (κ1) is 20.5. The van der Waals surface area contributed by atoms with Crippen LogP contribution in [0.3, 0.4) is 0 Å². The van der Waals surface area contributed by atoms with E-state index in [1.165, 1.54) is 11.3 Å². The van der Waals surface area contributed by atoms with Crippen LogP contribution in [-0.2, 0) is 11.2 Å². The average Bonchev–Trinajstić information content (AvgIpc) is 3.59. The molecule has 32 heavy (non-hydrogen) atoms. The van der Waals surface area contributed by atoms with Crippen molar-refractivity contribution in [2.75, 3.05) is 6.54 Å². The number of amides is 2. The number of hydrogen-bond acceptors (Lipinski definition) is 4. The summed E-state index contributed by atoms with van der Waals surface area (Å²) in [7, 11) is 0. The van der Waals surface area contributed by atoms with E-state index in [1.807, 2.05) is 72.1 Å². The Balaban J connectivity index is 1.40. The van der Waals surface area contributed by atoms with Crippen molar-refractivity contribution < 1.29 is 9.59 Å². The quantitative estimate of drug-likeness (QED) is 0.465. The van der Waals surface area contributed by atoms with Gasteiger partial charge in [0.2, 0.25) is 5.91 Å². The van der Waals surface area contributed by atoms with E-state index < -0.39 is 6.04 Å². The van der Waals surface area contributed by atoms with E-state index in [4.69, 9.17) is 4.98 Å². The van der Waals surface area contributed by atoms with E-state index in [-0.39, 0.29) is 17.9 Å². The maximum Gasteiger partial charge on any atom is 0.264 e. The largest absolute Gasteiger partial charge is 0.344 e. The van der Waals surface area contributed by atoms with Gasteiger partial charge in [0, 0.05) is 6.54 Å². The first-order chi connectivity index (χ1) is 15.7. The Morgan fingerprint density at radius 2 is 1.91 bits per heavy atom. The lowest BCUT2D eigenvalue weighted by atomic mass is 10.0. The lowest BCUT2D eigenvalue weighted by Crippen LogP contribution is -2.47. The minimum Gasteiger partial charge on any atom is -0.344 e. The third kappa shape index (κ3) is 4.16. The Morgan fingerprint density at radius 1 is 1.09 bits per heavy atom. The molecule has 2 amide bonds. The van der Waals surface area contributed by atoms with Crippen molar-refractivity contribution in [3.05, 3.63) is 88.4 Å². The van der Waals surface area contributed by atoms with Gasteiger partial charge in [0.05, 0.1) is 22.0 Å². The zero-order valence-corrected chi connectivity index (χ0v) is 18.3. The first-order valence-electron chi connectivity index (χ1n) is 10.8. The molecule has 1 aliphatic heterocycles. The summed E-state index contributed by atoms with van der Waals surface area (Å²) in [6.45, 7) is 0.600. The monoisotopic (exact) mass is 444 g/mol. The number of aromatic amines is 1. The third-order valence-electron chi connectivity index (χ3n) is 5.89. The van der Waals surface area contributed by atoms with Gasteiger partial charge in [-0.25, -0.2) is 4.98 Å². The molecule has 0 radical (unpaired) electrons. The molecule has 2 atom stereocenters. The van der Waals surface area contributed by atoms with Gasteiger partial charge in [-0.05, 0) is 48.4 Å². The van der Waals surface area contributed by atoms with Crippen molar-refractivity contribution in [2.45, 2.75) is 31.3 Å². The van der Waals surface area contributed by atoms with Gasteiger partial charge in [-0.3, -0.25) is 9.59 Å². The molecule has 7 heteroatoms. The van der Waals surface area contributed by atoms with Gasteiger partial charge < -0.3 is 15.2 Å². The number of benzene rings is 2. The minimum absolute atomic E-state index is 0.0685. The van der Waals surface area contributed by atoms with Crippen molar-refractivity contribution in [2.24, 2.45) is 0 Å². The van der Waals surface area contributed by atoms with E-state index >= 15 is 0 Å². The summed E-state index contributed by atoms with van der Waals surface area (Å²) in [5, 5.41) is 5.08. The van der Waals surface area contributed by atoms with Gasteiger partial charge in [0.1, 0.15) is 11.9 Å². The summed E-state index contributed by atoms with van der Waals surface area (Å²) in [4.78, 5) is 36.8. The number of rotatable bonds is 6. The molecule has 1 aliphatic rings. The van der Waals surface area contributed by atoms with Crippen LogP contribution in [-0.4, -0.2) is 39.3 Å². The molecule has 1 saturated heterocycles. The number of hydrogen-bond donors (Lipinski definition) is 2. The van der Waals surface area contributed by atoms with Gasteiger partial charge >= 0.3 is 0 Å². The molecule has 0 bridgehead atoms. The average molecular weight is 445 g/mol. The molecule has 0 aliphatic carbocycles. The number of H-pyrrole nitrogens is 1. The highest BCUT2D eigenvalue weighted by molar-refractivity contribution is 7.12. The molecular formula is C25H24N4O2S. The summed E-state index contributed by atoms with van der Waals surface area (Å²) in [5.74, 6) is 0.521. The highest BCUT2D eigenvalue weighted by Crippen LogP contribution is 2.25. The molecule has 2 aromatic heterocycles. The fourth-order valence-electron chi connectivity index (χ4n) is 4.30. The Morgan fingerprint density at radius 3 is 2.69 bits per heavy atom. The number of imidazole rings is 1. The van der Waals surface area contributed by atoms with Crippen molar-refractivity contribution in [3.8, 4) is 0 Å². The van der Waals surface area contributed by atoms with E-state index in [1.54, 1.807) is 4.90 Å². The molecule has 2 N–H and O–H groups in total. The Kier molecular flexibility index (Phi) is 5.73. The number of para-hydroxylation sites is 2. The Bertz CT molecular complexity index is 1190. The fraction of sp³-hybridized carbons (Fsp3) is 0.240. The number of thiophene rings is 1. The maximum absolute atomic E-state index is 13.4. The zero-order chi connectivity index (χ0) is 21.9. The first-order valence-corrected chi connectivity index (χ1v) is 11.7. The zero-order valence-electron chi connectivity index (χ0n) is 17.5. The van der Waals surface area contributed by atoms with Crippen LogP contribution in [0.4, 0.5) is 0 Å². The van der Waals surface area contributed by atoms with Crippen LogP contribution < -0.4 is 5.32 Å². The SMILES string of the molecule is O=C(N[C@H](Cc1ccccc1)c1nc2ccccc2[nH]1)[C@@H]1CCCN1C(=O)c1cccs1. The van der Waals surface area contributed by atoms with Crippen LogP contribution >= 0.6 is 11.3 Å². The number of nitrogens with one attached hydrogen (secondary N) is 2. The molecule has 6 nitrogen and oxygen atoms in total. The highest BCUT2D eigenvalue weighted by atomic mass is 32.1. The summed E-state index contributed by atoms with van der Waals surface area (Å²) < 4.78 is 0. The Hall–Kier alpha value is -3.45. The van der Waals surface area contributed by atoms with E-state index in [2.05, 4.69) is 10.3 Å². The number of fused-ring (bicyclic) bond motifs is 1. The second kappa shape index (κ2) is 8.96. The molecule has 4 aromatic rings. The molecule has 162 valence electrons. The summed E-state index contributed by atoms with van der Waals surface area (Å²) in [5.41, 5.74) is 2.91. The minimum atomic E-state index is -0.466. The van der Waals surface area contributed by atoms with Crippen LogP contribution in [0.1, 0.15) is 39.9 Å². The van der Waals surface area contributed by atoms with Crippen LogP contribution in [0, 0.1) is 0 Å². The standard InChI is InChI=1S/C25H24N4O2S/c30-24(21-12-6-14-29(21)25(31)22-13-7-15-32-22)28-20(16-17-8-2-1-3-9-17)23-26-18-10-4-5-11-19(18)27-23/h1-5,7-11,13,15,20-21H,6,12,14,16H2,(H,26,27)(H,28,30)/t20-,21+/m1/s1. The van der Waals surface area contributed by atoms with Crippen molar-refractivity contribution >= 4 is 34.2 Å². The smallest absolute Gasteiger partial charge is 0.264 e. The molecule has 1 fully saturated rings. The predicted molar refractivity (Wildman–Crippen MR) is 126 cm³/mol. The second-order valence-corrected chi connectivity index (χ2v) is 8.97. The number of carbonyl (C=O) groups excluding carboxylic acids is 2. The van der Waals surface area contributed by atoms with Gasteiger partial charge in [-0.2, -0.15) is 0 Å². The lowest BCUT2D eigenvalue weighted by molar-refractivity contribution is -0.125. The highest BCUT2D eigenvalue weighted by Gasteiger charge is 2.36. The third-order valence-corrected chi connectivity index (χ3v) is 6.74. The summed E-state index contributed by atoms with van der Waals surface area (Å²) >= 11 is 1.41. The molecule has 5 rings (SSSR count). The van der Waals surface area contributed by atoms with E-state index in [9.17, 15) is 9.59 Å². The molecule has 0 saturated carbocycles. The predicted octanol–water partition coefficient (Wildman–Crippen LogP) is 4.33. The Labute approximate surface area is 190 Å². The molecule has 0 unspecified atom stereocenters. The van der Waals surface area contributed by atoms with Gasteiger partial charge in [-0.1, -0.05) is 48.5 Å². The molecule has 0 spiro atoms. The second-order valence-electron chi connectivity index (χ2n) is 8.02. The molecular weight excluding hydrogens is 420 g/mol. The van der Waals surface area contributed by atoms with Crippen LogP contribution in [0.2, 0.25) is 0 Å². The van der Waals surface area contributed by atoms with Crippen LogP contribution in [0.5, 0.6) is 0 Å². The number of likely N-dealkylation sites (tertiary alicyclic amines) is 1. The summed E-state index contributed by atoms with van der Waals surface area (Å²) in [6, 6.07) is 20.8.